The van der Waals surface area contributed by atoms with Crippen LogP contribution in [0.15, 0.2) is 71.6 Å². The quantitative estimate of drug-likeness (QED) is 0.159. The van der Waals surface area contributed by atoms with Crippen LogP contribution < -0.4 is 16.8 Å². The number of halogens is 3. The maximum atomic E-state index is 13.2. The Hall–Kier alpha value is -3.73. The maximum Gasteiger partial charge on any atom is 0.332 e. The van der Waals surface area contributed by atoms with Crippen molar-refractivity contribution in [1.29, 1.82) is 0 Å². The normalized spacial score (nSPS) is 11.4. The van der Waals surface area contributed by atoms with Gasteiger partial charge in [0.15, 0.2) is 0 Å². The molecule has 12 heteroatoms. The number of aryl methyl sites for hydroxylation is 2. The number of carbonyl (C=O) groups excluding carboxylic acids is 1. The summed E-state index contributed by atoms with van der Waals surface area (Å²) in [6, 6.07) is 17.3. The van der Waals surface area contributed by atoms with E-state index < -0.39 is 21.0 Å². The number of nitrogens with one attached hydrogen (secondary N) is 1. The molecule has 1 amide bonds. The monoisotopic (exact) mass is 587 g/mol. The smallest absolute Gasteiger partial charge is 0.332 e. The number of hydrogen-bond acceptors (Lipinski definition) is 7. The lowest BCUT2D eigenvalue weighted by molar-refractivity contribution is 0.102. The van der Waals surface area contributed by atoms with Crippen molar-refractivity contribution in [2.75, 3.05) is 16.8 Å². The van der Waals surface area contributed by atoms with Crippen molar-refractivity contribution in [2.45, 2.75) is 30.6 Å². The Morgan fingerprint density at radius 3 is 2.31 bits per heavy atom. The molecule has 0 bridgehead atoms. The molecule has 0 saturated carbocycles. The molecule has 0 aliphatic carbocycles. The van der Waals surface area contributed by atoms with Crippen LogP contribution in [0.1, 0.15) is 34.5 Å². The first kappa shape index (κ1) is 28.3. The van der Waals surface area contributed by atoms with E-state index in [1.807, 2.05) is 18.2 Å². The third-order valence-electron chi connectivity index (χ3n) is 5.96. The van der Waals surface area contributed by atoms with Gasteiger partial charge in [0.05, 0.1) is 20.6 Å². The minimum absolute atomic E-state index is 0.0315. The summed E-state index contributed by atoms with van der Waals surface area (Å²) in [6.45, 7) is 0. The summed E-state index contributed by atoms with van der Waals surface area (Å²) < 4.78 is 35.4. The Kier molecular flexibility index (Phi) is 8.69. The zero-order valence-corrected chi connectivity index (χ0v) is 22.8. The fraction of sp³-hybridized carbons (Fsp3) is 0.148. The summed E-state index contributed by atoms with van der Waals surface area (Å²) in [5.41, 5.74) is 15.8. The Morgan fingerprint density at radius 2 is 1.62 bits per heavy atom. The second-order valence-corrected chi connectivity index (χ2v) is 10.9. The Labute approximate surface area is 235 Å². The number of nitrogens with two attached hydrogens (primary N) is 2. The van der Waals surface area contributed by atoms with Crippen LogP contribution in [0.25, 0.3) is 11.1 Å². The Bertz CT molecular complexity index is 1630. The molecule has 0 spiro atoms. The van der Waals surface area contributed by atoms with E-state index in [-0.39, 0.29) is 17.3 Å². The third kappa shape index (κ3) is 7.23. The summed E-state index contributed by atoms with van der Waals surface area (Å²) in [5, 5.41) is 3.52. The summed E-state index contributed by atoms with van der Waals surface area (Å²) in [6.07, 6.45) is 3.05. The molecule has 4 rings (SSSR count). The third-order valence-corrected chi connectivity index (χ3v) is 7.51. The van der Waals surface area contributed by atoms with E-state index in [0.717, 1.165) is 48.2 Å². The van der Waals surface area contributed by atoms with Gasteiger partial charge in [0, 0.05) is 16.8 Å². The molecule has 0 atom stereocenters. The molecule has 0 fully saturated rings. The fourth-order valence-electron chi connectivity index (χ4n) is 4.06. The van der Waals surface area contributed by atoms with Gasteiger partial charge in [0.25, 0.3) is 5.91 Å². The van der Waals surface area contributed by atoms with Crippen LogP contribution in [0.3, 0.4) is 0 Å². The number of aromatic nitrogens is 2. The van der Waals surface area contributed by atoms with Crippen molar-refractivity contribution in [3.8, 4) is 11.1 Å². The van der Waals surface area contributed by atoms with Crippen molar-refractivity contribution in [2.24, 2.45) is 0 Å². The average Bonchev–Trinajstić information content (AvgIpc) is 2.88. The maximum absolute atomic E-state index is 13.2. The van der Waals surface area contributed by atoms with Crippen LogP contribution >= 0.6 is 23.2 Å². The molecule has 0 saturated heterocycles. The van der Waals surface area contributed by atoms with Crippen molar-refractivity contribution in [1.82, 2.24) is 9.97 Å². The average molecular weight is 588 g/mol. The Morgan fingerprint density at radius 1 is 0.897 bits per heavy atom. The highest BCUT2D eigenvalue weighted by atomic mass is 35.5. The standard InChI is InChI=1S/C27H24Cl2FN5O3S/c28-21-13-10-17(15-22(21)29)24-23(34-27(32)35-25(24)31)7-2-1-4-16-8-11-19(12-9-16)33-26(36)18-5-3-6-20(14-18)39(30,37)38/h3,5-6,8-15H,1-2,4,7H2,(H,33,36)(H4,31,32,34,35). The van der Waals surface area contributed by atoms with E-state index in [1.165, 1.54) is 12.1 Å². The van der Waals surface area contributed by atoms with E-state index >= 15 is 0 Å². The van der Waals surface area contributed by atoms with Gasteiger partial charge in [-0.25, -0.2) is 4.98 Å². The van der Waals surface area contributed by atoms with Crippen LogP contribution in [-0.2, 0) is 23.1 Å². The lowest BCUT2D eigenvalue weighted by Gasteiger charge is -2.13. The molecular formula is C27H24Cl2FN5O3S. The number of carbonyl (C=O) groups is 1. The van der Waals surface area contributed by atoms with Crippen LogP contribution in [0.5, 0.6) is 0 Å². The predicted octanol–water partition coefficient (Wildman–Crippen LogP) is 6.09. The van der Waals surface area contributed by atoms with Crippen LogP contribution in [0.4, 0.5) is 21.3 Å². The molecular weight excluding hydrogens is 564 g/mol. The molecule has 1 aromatic heterocycles. The summed E-state index contributed by atoms with van der Waals surface area (Å²) >= 11 is 12.2. The zero-order chi connectivity index (χ0) is 28.2. The highest BCUT2D eigenvalue weighted by Gasteiger charge is 2.16. The number of nitrogens with zero attached hydrogens (tertiary/aromatic N) is 2. The molecule has 0 unspecified atom stereocenters. The van der Waals surface area contributed by atoms with Gasteiger partial charge in [0.2, 0.25) is 5.95 Å². The lowest BCUT2D eigenvalue weighted by Crippen LogP contribution is -2.12. The first-order chi connectivity index (χ1) is 18.5. The fourth-order valence-corrected chi connectivity index (χ4v) is 4.87. The molecule has 0 aliphatic heterocycles. The number of amides is 1. The summed E-state index contributed by atoms with van der Waals surface area (Å²) in [5.74, 6) is -0.178. The van der Waals surface area contributed by atoms with Gasteiger partial charge in [-0.3, -0.25) is 4.79 Å². The van der Waals surface area contributed by atoms with Gasteiger partial charge in [-0.1, -0.05) is 47.5 Å². The van der Waals surface area contributed by atoms with Crippen LogP contribution in [0.2, 0.25) is 10.0 Å². The van der Waals surface area contributed by atoms with Gasteiger partial charge in [-0.15, -0.1) is 3.89 Å². The van der Waals surface area contributed by atoms with E-state index in [1.54, 1.807) is 24.3 Å². The number of benzene rings is 3. The van der Waals surface area contributed by atoms with E-state index in [2.05, 4.69) is 15.3 Å². The zero-order valence-electron chi connectivity index (χ0n) is 20.5. The van der Waals surface area contributed by atoms with Crippen molar-refractivity contribution in [3.05, 3.63) is 93.6 Å². The van der Waals surface area contributed by atoms with Crippen LogP contribution in [0, 0.1) is 0 Å². The first-order valence-electron chi connectivity index (χ1n) is 11.8. The molecule has 8 nitrogen and oxygen atoms in total. The number of rotatable bonds is 9. The van der Waals surface area contributed by atoms with Gasteiger partial charge in [0.1, 0.15) is 5.82 Å². The minimum atomic E-state index is -4.90. The first-order valence-corrected chi connectivity index (χ1v) is 14.0. The Balaban J connectivity index is 1.36. The molecule has 1 heterocycles. The van der Waals surface area contributed by atoms with Crippen molar-refractivity contribution >= 4 is 56.8 Å². The van der Waals surface area contributed by atoms with Crippen LogP contribution in [-0.4, -0.2) is 24.3 Å². The highest BCUT2D eigenvalue weighted by Crippen LogP contribution is 2.33. The topological polar surface area (TPSA) is 141 Å². The molecule has 3 aromatic carbocycles. The van der Waals surface area contributed by atoms with E-state index in [4.69, 9.17) is 34.7 Å². The molecule has 4 aromatic rings. The molecule has 39 heavy (non-hydrogen) atoms. The number of hydrogen-bond donors (Lipinski definition) is 3. The van der Waals surface area contributed by atoms with Gasteiger partial charge in [-0.2, -0.15) is 13.4 Å². The number of unbranched alkanes of at least 4 members (excludes halogenated alkanes) is 1. The largest absolute Gasteiger partial charge is 0.383 e. The highest BCUT2D eigenvalue weighted by molar-refractivity contribution is 7.86. The predicted molar refractivity (Wildman–Crippen MR) is 152 cm³/mol. The minimum Gasteiger partial charge on any atom is -0.383 e. The molecule has 5 N–H and O–H groups in total. The molecule has 202 valence electrons. The van der Waals surface area contributed by atoms with Crippen molar-refractivity contribution < 1.29 is 17.1 Å². The van der Waals surface area contributed by atoms with Gasteiger partial charge < -0.3 is 16.8 Å². The molecule has 0 radical (unpaired) electrons. The van der Waals surface area contributed by atoms with Gasteiger partial charge >= 0.3 is 10.2 Å². The lowest BCUT2D eigenvalue weighted by atomic mass is 9.99. The SMILES string of the molecule is Nc1nc(N)c(-c2ccc(Cl)c(Cl)c2)c(CCCCc2ccc(NC(=O)c3cccc(S(=O)(=O)F)c3)cc2)n1. The van der Waals surface area contributed by atoms with Crippen molar-refractivity contribution in [3.63, 3.8) is 0 Å². The second kappa shape index (κ2) is 12.0. The van der Waals surface area contributed by atoms with E-state index in [0.29, 0.717) is 27.7 Å². The second-order valence-electron chi connectivity index (χ2n) is 8.74. The summed E-state index contributed by atoms with van der Waals surface area (Å²) in [7, 11) is -4.90. The number of nitrogen functional groups attached to an aromatic ring is 2. The number of anilines is 3. The summed E-state index contributed by atoms with van der Waals surface area (Å²) in [4.78, 5) is 20.4. The van der Waals surface area contributed by atoms with Gasteiger partial charge in [-0.05, 0) is 79.3 Å². The molecule has 0 aliphatic rings. The van der Waals surface area contributed by atoms with E-state index in [9.17, 15) is 17.1 Å².